The highest BCUT2D eigenvalue weighted by Gasteiger charge is 2.23. The highest BCUT2D eigenvalue weighted by Crippen LogP contribution is 2.25. The zero-order valence-corrected chi connectivity index (χ0v) is 13.7. The predicted octanol–water partition coefficient (Wildman–Crippen LogP) is 2.21. The van der Waals surface area contributed by atoms with Crippen molar-refractivity contribution in [3.63, 3.8) is 0 Å². The zero-order chi connectivity index (χ0) is 17.4. The van der Waals surface area contributed by atoms with E-state index in [-0.39, 0.29) is 12.2 Å². The van der Waals surface area contributed by atoms with Crippen molar-refractivity contribution in [1.82, 2.24) is 5.32 Å². The van der Waals surface area contributed by atoms with Crippen LogP contribution in [0.3, 0.4) is 0 Å². The molecule has 1 amide bonds. The third kappa shape index (κ3) is 5.11. The van der Waals surface area contributed by atoms with E-state index in [0.29, 0.717) is 6.54 Å². The van der Waals surface area contributed by atoms with Crippen LogP contribution < -0.4 is 10.1 Å². The van der Waals surface area contributed by atoms with Gasteiger partial charge in [0.2, 0.25) is 0 Å². The smallest absolute Gasteiger partial charge is 0.343 e. The van der Waals surface area contributed by atoms with Crippen LogP contribution >= 0.6 is 0 Å². The fourth-order valence-corrected chi connectivity index (χ4v) is 2.10. The second-order valence-electron chi connectivity index (χ2n) is 5.03. The summed E-state index contributed by atoms with van der Waals surface area (Å²) in [6, 6.07) is 7.33. The highest BCUT2D eigenvalue weighted by molar-refractivity contribution is 6.16. The second kappa shape index (κ2) is 9.11. The Hall–Kier alpha value is -2.30. The number of amides is 1. The summed E-state index contributed by atoms with van der Waals surface area (Å²) < 4.78 is 10.1. The van der Waals surface area contributed by atoms with Gasteiger partial charge in [0, 0.05) is 12.5 Å². The molecule has 0 aromatic heterocycles. The van der Waals surface area contributed by atoms with Gasteiger partial charge in [0.05, 0.1) is 13.7 Å². The maximum Gasteiger partial charge on any atom is 0.343 e. The molecule has 1 N–H and O–H groups in total. The van der Waals surface area contributed by atoms with E-state index in [9.17, 15) is 9.59 Å². The molecule has 5 nitrogen and oxygen atoms in total. The van der Waals surface area contributed by atoms with Crippen molar-refractivity contribution < 1.29 is 19.1 Å². The van der Waals surface area contributed by atoms with Gasteiger partial charge in [-0.25, -0.2) is 4.79 Å². The molecule has 1 fully saturated rings. The van der Waals surface area contributed by atoms with Crippen LogP contribution in [0, 0.1) is 31.6 Å². The average molecular weight is 326 g/mol. The van der Waals surface area contributed by atoms with E-state index in [2.05, 4.69) is 5.32 Å². The summed E-state index contributed by atoms with van der Waals surface area (Å²) in [6.45, 7) is 2.22. The molecular formula is C19H20NO4. The Labute approximate surface area is 143 Å². The number of methoxy groups -OCH3 is 1. The van der Waals surface area contributed by atoms with E-state index < -0.39 is 11.9 Å². The number of nitrogens with one attached hydrogen (secondary N) is 1. The van der Waals surface area contributed by atoms with Crippen molar-refractivity contribution in [3.05, 3.63) is 73.1 Å². The molecule has 0 atom stereocenters. The molecule has 0 heterocycles. The van der Waals surface area contributed by atoms with Crippen LogP contribution in [0.2, 0.25) is 0 Å². The van der Waals surface area contributed by atoms with E-state index in [4.69, 9.17) is 9.47 Å². The molecule has 5 radical (unpaired) electrons. The van der Waals surface area contributed by atoms with Gasteiger partial charge in [-0.3, -0.25) is 4.79 Å². The first-order chi connectivity index (χ1) is 11.6. The SMILES string of the molecule is CCOC(=O)/C(=C/[C]1[CH][CH][CH][CH]1)C(=O)NCc1ccc(OC)cc1. The van der Waals surface area contributed by atoms with Gasteiger partial charge in [-0.1, -0.05) is 18.2 Å². The largest absolute Gasteiger partial charge is 0.497 e. The van der Waals surface area contributed by atoms with Crippen molar-refractivity contribution in [3.8, 4) is 5.75 Å². The van der Waals surface area contributed by atoms with Crippen molar-refractivity contribution in [2.45, 2.75) is 13.5 Å². The number of benzene rings is 1. The topological polar surface area (TPSA) is 64.6 Å². The normalized spacial score (nSPS) is 15.2. The third-order valence-corrected chi connectivity index (χ3v) is 3.35. The van der Waals surface area contributed by atoms with Crippen molar-refractivity contribution in [2.75, 3.05) is 13.7 Å². The van der Waals surface area contributed by atoms with E-state index in [1.54, 1.807) is 14.0 Å². The Morgan fingerprint density at radius 1 is 1.12 bits per heavy atom. The molecule has 0 spiro atoms. The number of carbonyl (C=O) groups excluding carboxylic acids is 2. The Kier molecular flexibility index (Phi) is 6.85. The first-order valence-corrected chi connectivity index (χ1v) is 7.65. The van der Waals surface area contributed by atoms with Gasteiger partial charge in [0.1, 0.15) is 11.3 Å². The van der Waals surface area contributed by atoms with Gasteiger partial charge in [0.25, 0.3) is 5.91 Å². The molecule has 2 rings (SSSR count). The number of esters is 1. The lowest BCUT2D eigenvalue weighted by molar-refractivity contribution is -0.140. The Bertz CT molecular complexity index is 586. The zero-order valence-electron chi connectivity index (χ0n) is 13.7. The minimum absolute atomic E-state index is 0.0171. The van der Waals surface area contributed by atoms with Gasteiger partial charge in [-0.05, 0) is 50.3 Å². The van der Waals surface area contributed by atoms with Crippen LogP contribution in [0.25, 0.3) is 0 Å². The lowest BCUT2D eigenvalue weighted by atomic mass is 10.0. The lowest BCUT2D eigenvalue weighted by Gasteiger charge is -2.11. The maximum absolute atomic E-state index is 12.4. The van der Waals surface area contributed by atoms with Gasteiger partial charge in [0.15, 0.2) is 0 Å². The minimum Gasteiger partial charge on any atom is -0.497 e. The standard InChI is InChI=1S/C19H20NO4/c1-3-24-19(22)17(12-14-6-4-5-7-14)18(21)20-13-15-8-10-16(23-2)11-9-15/h4-12H,3,13H2,1-2H3,(H,20,21)/b17-12+. The van der Waals surface area contributed by atoms with Gasteiger partial charge < -0.3 is 14.8 Å². The quantitative estimate of drug-likeness (QED) is 0.361. The second-order valence-corrected chi connectivity index (χ2v) is 5.03. The maximum atomic E-state index is 12.4. The van der Waals surface area contributed by atoms with Crippen molar-refractivity contribution in [1.29, 1.82) is 0 Å². The predicted molar refractivity (Wildman–Crippen MR) is 90.0 cm³/mol. The number of allylic oxidation sites excluding steroid dienone is 1. The van der Waals surface area contributed by atoms with Crippen LogP contribution in [0.4, 0.5) is 0 Å². The monoisotopic (exact) mass is 326 g/mol. The van der Waals surface area contributed by atoms with Crippen LogP contribution in [0.1, 0.15) is 12.5 Å². The fourth-order valence-electron chi connectivity index (χ4n) is 2.10. The van der Waals surface area contributed by atoms with Crippen LogP contribution in [-0.2, 0) is 20.9 Å². The molecule has 1 saturated carbocycles. The summed E-state index contributed by atoms with van der Waals surface area (Å²) in [5.41, 5.74) is 0.886. The molecule has 1 aliphatic carbocycles. The molecule has 5 heteroatoms. The third-order valence-electron chi connectivity index (χ3n) is 3.35. The number of carbonyl (C=O) groups is 2. The summed E-state index contributed by atoms with van der Waals surface area (Å²) in [6.07, 6.45) is 8.83. The first-order valence-electron chi connectivity index (χ1n) is 7.65. The molecule has 0 aliphatic heterocycles. The Balaban J connectivity index is 2.01. The van der Waals surface area contributed by atoms with Crippen molar-refractivity contribution >= 4 is 11.9 Å². The van der Waals surface area contributed by atoms with Gasteiger partial charge in [-0.15, -0.1) is 0 Å². The van der Waals surface area contributed by atoms with Crippen molar-refractivity contribution in [2.24, 2.45) is 0 Å². The molecule has 1 aromatic carbocycles. The number of hydrogen-bond acceptors (Lipinski definition) is 4. The summed E-state index contributed by atoms with van der Waals surface area (Å²) >= 11 is 0. The Morgan fingerprint density at radius 3 is 2.38 bits per heavy atom. The highest BCUT2D eigenvalue weighted by atomic mass is 16.5. The Morgan fingerprint density at radius 2 is 1.79 bits per heavy atom. The van der Waals surface area contributed by atoms with Gasteiger partial charge in [-0.2, -0.15) is 0 Å². The summed E-state index contributed by atoms with van der Waals surface area (Å²) in [4.78, 5) is 24.4. The molecule has 1 aliphatic rings. The molecule has 0 unspecified atom stereocenters. The van der Waals surface area contributed by atoms with Crippen LogP contribution in [0.15, 0.2) is 35.9 Å². The number of rotatable bonds is 7. The van der Waals surface area contributed by atoms with E-state index in [1.807, 2.05) is 49.9 Å². The molecular weight excluding hydrogens is 306 g/mol. The molecule has 24 heavy (non-hydrogen) atoms. The molecule has 0 bridgehead atoms. The lowest BCUT2D eigenvalue weighted by Crippen LogP contribution is -2.29. The minimum atomic E-state index is -0.633. The van der Waals surface area contributed by atoms with E-state index in [1.165, 1.54) is 6.08 Å². The average Bonchev–Trinajstić information content (AvgIpc) is 3.11. The first kappa shape index (κ1) is 18.0. The molecule has 0 saturated heterocycles. The van der Waals surface area contributed by atoms with Gasteiger partial charge >= 0.3 is 5.97 Å². The molecule has 1 aromatic rings. The van der Waals surface area contributed by atoms with Crippen LogP contribution in [-0.4, -0.2) is 25.6 Å². The van der Waals surface area contributed by atoms with E-state index >= 15 is 0 Å². The molecule has 125 valence electrons. The fraction of sp³-hybridized carbons (Fsp3) is 0.211. The summed E-state index contributed by atoms with van der Waals surface area (Å²) in [7, 11) is 1.59. The number of ether oxygens (including phenoxy) is 2. The van der Waals surface area contributed by atoms with Crippen LogP contribution in [0.5, 0.6) is 5.75 Å². The summed E-state index contributed by atoms with van der Waals surface area (Å²) in [5.74, 6) is 0.419. The summed E-state index contributed by atoms with van der Waals surface area (Å²) in [5, 5.41) is 2.74. The van der Waals surface area contributed by atoms with E-state index in [0.717, 1.165) is 17.2 Å². The number of hydrogen-bond donors (Lipinski definition) is 1.